The third kappa shape index (κ3) is 4.65. The molecule has 2 heterocycles. The number of aliphatic hydroxyl groups excluding tert-OH is 1. The zero-order valence-corrected chi connectivity index (χ0v) is 21.6. The maximum absolute atomic E-state index is 13.5. The molecule has 0 fully saturated rings. The van der Waals surface area contributed by atoms with Crippen molar-refractivity contribution in [3.05, 3.63) is 107 Å². The van der Waals surface area contributed by atoms with Gasteiger partial charge in [-0.1, -0.05) is 72.8 Å². The summed E-state index contributed by atoms with van der Waals surface area (Å²) >= 11 is 1.18. The molecule has 0 aliphatic carbocycles. The Hall–Kier alpha value is -3.51. The standard InChI is InChI=1S/C30H30N2O3S/c1-29(2,3)32-24-17-11-10-16-23(24)31-28(32)36-26-25(33)20-30(35-27(26)34,22-14-8-5-9-15-22)19-18-21-12-6-4-7-13-21/h4-17,33H,18-20H2,1-3H3. The van der Waals surface area contributed by atoms with E-state index in [0.717, 1.165) is 28.6 Å². The summed E-state index contributed by atoms with van der Waals surface area (Å²) in [5.41, 5.74) is 2.67. The van der Waals surface area contributed by atoms with Crippen molar-refractivity contribution in [2.24, 2.45) is 0 Å². The fourth-order valence-electron chi connectivity index (χ4n) is 4.82. The Labute approximate surface area is 215 Å². The predicted octanol–water partition coefficient (Wildman–Crippen LogP) is 7.13. The van der Waals surface area contributed by atoms with Crippen molar-refractivity contribution in [2.75, 3.05) is 0 Å². The SMILES string of the molecule is CC(C)(C)n1c(SC2=C(O)CC(CCc3ccccc3)(c3ccccc3)OC2=O)nc2ccccc21. The number of aromatic nitrogens is 2. The minimum atomic E-state index is -0.938. The van der Waals surface area contributed by atoms with Gasteiger partial charge in [0, 0.05) is 5.54 Å². The van der Waals surface area contributed by atoms with Gasteiger partial charge in [-0.15, -0.1) is 0 Å². The molecule has 0 spiro atoms. The van der Waals surface area contributed by atoms with Crippen LogP contribution in [0.15, 0.2) is 101 Å². The number of hydrogen-bond donors (Lipinski definition) is 1. The van der Waals surface area contributed by atoms with Crippen LogP contribution in [0.5, 0.6) is 0 Å². The van der Waals surface area contributed by atoms with Crippen LogP contribution in [0, 0.1) is 0 Å². The van der Waals surface area contributed by atoms with Crippen molar-refractivity contribution in [2.45, 2.75) is 56.3 Å². The number of carbonyl (C=O) groups is 1. The number of esters is 1. The summed E-state index contributed by atoms with van der Waals surface area (Å²) in [6.07, 6.45) is 1.50. The highest BCUT2D eigenvalue weighted by Crippen LogP contribution is 2.45. The van der Waals surface area contributed by atoms with Crippen molar-refractivity contribution in [3.8, 4) is 0 Å². The largest absolute Gasteiger partial charge is 0.511 e. The molecular weight excluding hydrogens is 468 g/mol. The number of benzene rings is 3. The number of aryl methyl sites for hydroxylation is 1. The van der Waals surface area contributed by atoms with E-state index in [4.69, 9.17) is 9.72 Å². The molecule has 0 radical (unpaired) electrons. The molecule has 1 unspecified atom stereocenters. The quantitative estimate of drug-likeness (QED) is 0.287. The number of carbonyl (C=O) groups excluding carboxylic acids is 1. The lowest BCUT2D eigenvalue weighted by atomic mass is 9.82. The molecule has 0 saturated carbocycles. The van der Waals surface area contributed by atoms with Crippen LogP contribution in [0.1, 0.15) is 44.7 Å². The molecule has 1 atom stereocenters. The number of rotatable bonds is 6. The van der Waals surface area contributed by atoms with Gasteiger partial charge >= 0.3 is 5.97 Å². The van der Waals surface area contributed by atoms with E-state index in [1.54, 1.807) is 0 Å². The van der Waals surface area contributed by atoms with E-state index in [9.17, 15) is 9.90 Å². The summed E-state index contributed by atoms with van der Waals surface area (Å²) < 4.78 is 8.33. The van der Waals surface area contributed by atoms with E-state index in [1.165, 1.54) is 11.8 Å². The molecule has 1 aromatic heterocycles. The summed E-state index contributed by atoms with van der Waals surface area (Å²) in [7, 11) is 0. The summed E-state index contributed by atoms with van der Waals surface area (Å²) in [5.74, 6) is -0.478. The van der Waals surface area contributed by atoms with E-state index in [1.807, 2.05) is 72.8 Å². The maximum Gasteiger partial charge on any atom is 0.349 e. The number of cyclic esters (lactones) is 1. The van der Waals surface area contributed by atoms with Gasteiger partial charge < -0.3 is 14.4 Å². The van der Waals surface area contributed by atoms with Crippen molar-refractivity contribution in [1.29, 1.82) is 0 Å². The number of nitrogens with zero attached hydrogens (tertiary/aromatic N) is 2. The van der Waals surface area contributed by atoms with Gasteiger partial charge in [0.05, 0.1) is 17.5 Å². The normalized spacial score (nSPS) is 18.5. The van der Waals surface area contributed by atoms with E-state index < -0.39 is 11.6 Å². The fraction of sp³-hybridized carbons (Fsp3) is 0.267. The molecule has 36 heavy (non-hydrogen) atoms. The second kappa shape index (κ2) is 9.51. The second-order valence-corrected chi connectivity index (χ2v) is 11.2. The van der Waals surface area contributed by atoms with Crippen LogP contribution in [0.2, 0.25) is 0 Å². The molecule has 1 aliphatic rings. The molecule has 3 aromatic carbocycles. The third-order valence-corrected chi connectivity index (χ3v) is 7.61. The third-order valence-electron chi connectivity index (χ3n) is 6.54. The molecule has 4 aromatic rings. The van der Waals surface area contributed by atoms with Crippen LogP contribution in [-0.2, 0) is 27.1 Å². The number of ether oxygens (including phenoxy) is 1. The number of imidazole rings is 1. The Morgan fingerprint density at radius 2 is 1.61 bits per heavy atom. The zero-order chi connectivity index (χ0) is 25.3. The van der Waals surface area contributed by atoms with Gasteiger partial charge in [0.25, 0.3) is 0 Å². The monoisotopic (exact) mass is 498 g/mol. The second-order valence-electron chi connectivity index (χ2n) is 10.2. The predicted molar refractivity (Wildman–Crippen MR) is 144 cm³/mol. The number of aliphatic hydroxyl groups is 1. The van der Waals surface area contributed by atoms with Crippen LogP contribution >= 0.6 is 11.8 Å². The average Bonchev–Trinajstić information content (AvgIpc) is 3.25. The molecule has 1 aliphatic heterocycles. The van der Waals surface area contributed by atoms with Gasteiger partial charge in [-0.3, -0.25) is 0 Å². The summed E-state index contributed by atoms with van der Waals surface area (Å²) in [4.78, 5) is 18.5. The maximum atomic E-state index is 13.5. The first kappa shape index (κ1) is 24.2. The Morgan fingerprint density at radius 1 is 0.972 bits per heavy atom. The summed E-state index contributed by atoms with van der Waals surface area (Å²) in [6.45, 7) is 6.30. The molecule has 184 valence electrons. The van der Waals surface area contributed by atoms with Gasteiger partial charge in [0.15, 0.2) is 5.16 Å². The van der Waals surface area contributed by atoms with Gasteiger partial charge in [-0.2, -0.15) is 0 Å². The fourth-order valence-corrected chi connectivity index (χ4v) is 5.92. The minimum absolute atomic E-state index is 0.0423. The summed E-state index contributed by atoms with van der Waals surface area (Å²) in [5, 5.41) is 11.9. The summed E-state index contributed by atoms with van der Waals surface area (Å²) in [6, 6.07) is 27.8. The highest BCUT2D eigenvalue weighted by Gasteiger charge is 2.44. The first-order chi connectivity index (χ1) is 17.3. The number of para-hydroxylation sites is 2. The first-order valence-corrected chi connectivity index (χ1v) is 13.0. The lowest BCUT2D eigenvalue weighted by Crippen LogP contribution is -2.38. The molecule has 5 rings (SSSR count). The highest BCUT2D eigenvalue weighted by molar-refractivity contribution is 8.03. The molecule has 0 amide bonds. The Bertz CT molecular complexity index is 1420. The molecule has 0 bridgehead atoms. The van der Waals surface area contributed by atoms with E-state index >= 15 is 0 Å². The van der Waals surface area contributed by atoms with Crippen LogP contribution in [0.4, 0.5) is 0 Å². The smallest absolute Gasteiger partial charge is 0.349 e. The number of fused-ring (bicyclic) bond motifs is 1. The molecule has 5 nitrogen and oxygen atoms in total. The lowest BCUT2D eigenvalue weighted by Gasteiger charge is -2.37. The van der Waals surface area contributed by atoms with E-state index in [2.05, 4.69) is 37.5 Å². The van der Waals surface area contributed by atoms with Crippen LogP contribution < -0.4 is 0 Å². The Balaban J connectivity index is 1.51. The minimum Gasteiger partial charge on any atom is -0.511 e. The number of hydrogen-bond acceptors (Lipinski definition) is 5. The molecular formula is C30H30N2O3S. The molecule has 1 N–H and O–H groups in total. The Kier molecular flexibility index (Phi) is 6.39. The van der Waals surface area contributed by atoms with Crippen LogP contribution in [0.3, 0.4) is 0 Å². The van der Waals surface area contributed by atoms with Gasteiger partial charge in [0.2, 0.25) is 0 Å². The van der Waals surface area contributed by atoms with Crippen molar-refractivity contribution in [1.82, 2.24) is 9.55 Å². The Morgan fingerprint density at radius 3 is 2.28 bits per heavy atom. The van der Waals surface area contributed by atoms with Crippen molar-refractivity contribution in [3.63, 3.8) is 0 Å². The van der Waals surface area contributed by atoms with Crippen molar-refractivity contribution < 1.29 is 14.6 Å². The van der Waals surface area contributed by atoms with Crippen LogP contribution in [-0.4, -0.2) is 20.6 Å². The first-order valence-electron chi connectivity index (χ1n) is 12.2. The van der Waals surface area contributed by atoms with Crippen LogP contribution in [0.25, 0.3) is 11.0 Å². The topological polar surface area (TPSA) is 64.3 Å². The zero-order valence-electron chi connectivity index (χ0n) is 20.8. The van der Waals surface area contributed by atoms with Gasteiger partial charge in [-0.25, -0.2) is 9.78 Å². The average molecular weight is 499 g/mol. The van der Waals surface area contributed by atoms with E-state index in [-0.39, 0.29) is 22.6 Å². The van der Waals surface area contributed by atoms with E-state index in [0.29, 0.717) is 11.6 Å². The highest BCUT2D eigenvalue weighted by atomic mass is 32.2. The lowest BCUT2D eigenvalue weighted by molar-refractivity contribution is -0.160. The van der Waals surface area contributed by atoms with Gasteiger partial charge in [-0.05, 0) is 68.6 Å². The van der Waals surface area contributed by atoms with Gasteiger partial charge in [0.1, 0.15) is 16.3 Å². The van der Waals surface area contributed by atoms with Crippen molar-refractivity contribution >= 4 is 28.8 Å². The molecule has 6 heteroatoms. The number of thioether (sulfide) groups is 1. The molecule has 0 saturated heterocycles.